The number of hydrogen-bond acceptors (Lipinski definition) is 6. The SMILES string of the molecule is COC1=C(C(=O)O)N2C(=O)[C@@H](NC(=O)C(O)c3ccccc3)[C@H]2SC1. The quantitative estimate of drug-likeness (QED) is 0.633. The molecule has 2 heterocycles. The molecule has 0 spiro atoms. The van der Waals surface area contributed by atoms with Crippen LogP contribution in [0.25, 0.3) is 0 Å². The first-order valence-electron chi connectivity index (χ1n) is 7.44. The Kier molecular flexibility index (Phi) is 4.69. The number of nitrogens with zero attached hydrogens (tertiary/aromatic N) is 1. The van der Waals surface area contributed by atoms with Gasteiger partial charge < -0.3 is 20.3 Å². The van der Waals surface area contributed by atoms with E-state index in [2.05, 4.69) is 5.32 Å². The van der Waals surface area contributed by atoms with Crippen molar-refractivity contribution in [1.82, 2.24) is 10.2 Å². The van der Waals surface area contributed by atoms with Gasteiger partial charge in [-0.05, 0) is 5.56 Å². The number of carbonyl (C=O) groups excluding carboxylic acids is 2. The Balaban J connectivity index is 1.73. The average Bonchev–Trinajstić information content (AvgIpc) is 2.64. The molecule has 1 unspecified atom stereocenters. The summed E-state index contributed by atoms with van der Waals surface area (Å²) in [6.45, 7) is 0. The number of aliphatic hydroxyl groups excluding tert-OH is 1. The highest BCUT2D eigenvalue weighted by atomic mass is 32.2. The number of rotatable bonds is 5. The highest BCUT2D eigenvalue weighted by Gasteiger charge is 2.55. The van der Waals surface area contributed by atoms with Gasteiger partial charge in [0, 0.05) is 0 Å². The van der Waals surface area contributed by atoms with Gasteiger partial charge in [0.05, 0.1) is 12.9 Å². The fourth-order valence-electron chi connectivity index (χ4n) is 2.77. The van der Waals surface area contributed by atoms with Crippen LogP contribution in [0, 0.1) is 0 Å². The Morgan fingerprint density at radius 2 is 2.04 bits per heavy atom. The second kappa shape index (κ2) is 6.77. The molecule has 2 aliphatic rings. The van der Waals surface area contributed by atoms with E-state index in [0.29, 0.717) is 5.56 Å². The maximum absolute atomic E-state index is 12.3. The second-order valence-electron chi connectivity index (χ2n) is 5.49. The summed E-state index contributed by atoms with van der Waals surface area (Å²) in [4.78, 5) is 37.1. The zero-order valence-corrected chi connectivity index (χ0v) is 14.0. The van der Waals surface area contributed by atoms with Gasteiger partial charge in [0.1, 0.15) is 17.2 Å². The lowest BCUT2D eigenvalue weighted by Gasteiger charge is -2.49. The number of methoxy groups -OCH3 is 1. The van der Waals surface area contributed by atoms with Gasteiger partial charge in [0.25, 0.3) is 11.8 Å². The van der Waals surface area contributed by atoms with Gasteiger partial charge in [-0.25, -0.2) is 4.79 Å². The molecule has 3 N–H and O–H groups in total. The summed E-state index contributed by atoms with van der Waals surface area (Å²) in [6, 6.07) is 7.45. The van der Waals surface area contributed by atoms with Crippen molar-refractivity contribution in [3.63, 3.8) is 0 Å². The molecule has 132 valence electrons. The third-order valence-corrected chi connectivity index (χ3v) is 5.30. The fraction of sp³-hybridized carbons (Fsp3) is 0.312. The van der Waals surface area contributed by atoms with Crippen LogP contribution in [0.5, 0.6) is 0 Å². The minimum Gasteiger partial charge on any atom is -0.498 e. The third-order valence-electron chi connectivity index (χ3n) is 4.04. The van der Waals surface area contributed by atoms with E-state index < -0.39 is 35.3 Å². The minimum absolute atomic E-state index is 0.203. The highest BCUT2D eigenvalue weighted by Crippen LogP contribution is 2.40. The molecule has 0 radical (unpaired) electrons. The van der Waals surface area contributed by atoms with Crippen LogP contribution in [0.2, 0.25) is 0 Å². The van der Waals surface area contributed by atoms with Crippen LogP contribution in [0.3, 0.4) is 0 Å². The monoisotopic (exact) mass is 364 g/mol. The molecule has 0 aromatic heterocycles. The lowest BCUT2D eigenvalue weighted by molar-refractivity contribution is -0.152. The Hall–Kier alpha value is -2.52. The zero-order chi connectivity index (χ0) is 18.1. The van der Waals surface area contributed by atoms with Crippen molar-refractivity contribution in [3.8, 4) is 0 Å². The number of nitrogens with one attached hydrogen (secondary N) is 1. The number of hydrogen-bond donors (Lipinski definition) is 3. The largest absolute Gasteiger partial charge is 0.498 e. The highest BCUT2D eigenvalue weighted by molar-refractivity contribution is 8.00. The number of benzene rings is 1. The number of carboxylic acids is 1. The first-order valence-corrected chi connectivity index (χ1v) is 8.49. The number of carboxylic acid groups (broad SMARTS) is 1. The molecule has 0 saturated carbocycles. The maximum Gasteiger partial charge on any atom is 0.356 e. The van der Waals surface area contributed by atoms with Gasteiger partial charge in [0.2, 0.25) is 0 Å². The predicted octanol–water partition coefficient (Wildman–Crippen LogP) is 0.0625. The number of β-lactam (4-membered cyclic amide) rings is 1. The number of amides is 2. The summed E-state index contributed by atoms with van der Waals surface area (Å²) in [7, 11) is 1.35. The lowest BCUT2D eigenvalue weighted by atomic mass is 10.0. The molecule has 1 aromatic rings. The molecule has 25 heavy (non-hydrogen) atoms. The molecule has 0 aliphatic carbocycles. The first-order chi connectivity index (χ1) is 12.0. The van der Waals surface area contributed by atoms with Crippen molar-refractivity contribution in [2.75, 3.05) is 12.9 Å². The number of aliphatic carboxylic acids is 1. The standard InChI is InChI=1S/C16H16N2O6S/c1-24-9-7-25-15-10(14(21)18(15)11(9)16(22)23)17-13(20)12(19)8-5-3-2-4-6-8/h2-6,10,12,15,19H,7H2,1H3,(H,17,20)(H,22,23)/t10-,12?,15-/m1/s1. The van der Waals surface area contributed by atoms with Gasteiger partial charge >= 0.3 is 5.97 Å². The molecule has 0 bridgehead atoms. The topological polar surface area (TPSA) is 116 Å². The predicted molar refractivity (Wildman–Crippen MR) is 88.1 cm³/mol. The van der Waals surface area contributed by atoms with E-state index in [0.717, 1.165) is 4.90 Å². The van der Waals surface area contributed by atoms with Gasteiger partial charge in [-0.15, -0.1) is 11.8 Å². The second-order valence-corrected chi connectivity index (χ2v) is 6.60. The molecule has 2 aliphatic heterocycles. The van der Waals surface area contributed by atoms with Gasteiger partial charge in [-0.2, -0.15) is 0 Å². The number of thioether (sulfide) groups is 1. The molecule has 2 amide bonds. The van der Waals surface area contributed by atoms with Crippen LogP contribution in [0.1, 0.15) is 11.7 Å². The minimum atomic E-state index is -1.40. The number of ether oxygens (including phenoxy) is 1. The Morgan fingerprint density at radius 3 is 2.64 bits per heavy atom. The molecule has 1 fully saturated rings. The number of fused-ring (bicyclic) bond motifs is 1. The van der Waals surface area contributed by atoms with Crippen LogP contribution < -0.4 is 5.32 Å². The van der Waals surface area contributed by atoms with E-state index in [4.69, 9.17) is 4.74 Å². The van der Waals surface area contributed by atoms with E-state index in [-0.39, 0.29) is 17.2 Å². The van der Waals surface area contributed by atoms with Crippen LogP contribution in [-0.4, -0.2) is 57.2 Å². The van der Waals surface area contributed by atoms with Gasteiger partial charge in [-0.1, -0.05) is 30.3 Å². The fourth-order valence-corrected chi connectivity index (χ4v) is 4.08. The maximum atomic E-state index is 12.3. The van der Waals surface area contributed by atoms with Crippen molar-refractivity contribution < 1.29 is 29.3 Å². The molecule has 1 aromatic carbocycles. The molecular formula is C16H16N2O6S. The van der Waals surface area contributed by atoms with E-state index in [1.165, 1.54) is 18.9 Å². The van der Waals surface area contributed by atoms with Crippen LogP contribution in [0.15, 0.2) is 41.8 Å². The zero-order valence-electron chi connectivity index (χ0n) is 13.2. The van der Waals surface area contributed by atoms with E-state index >= 15 is 0 Å². The summed E-state index contributed by atoms with van der Waals surface area (Å²) >= 11 is 1.29. The Morgan fingerprint density at radius 1 is 1.36 bits per heavy atom. The van der Waals surface area contributed by atoms with Gasteiger partial charge in [0.15, 0.2) is 11.8 Å². The molecule has 3 rings (SSSR count). The molecule has 3 atom stereocenters. The van der Waals surface area contributed by atoms with Crippen molar-refractivity contribution in [3.05, 3.63) is 47.4 Å². The van der Waals surface area contributed by atoms with Crippen LogP contribution in [0.4, 0.5) is 0 Å². The molecule has 8 nitrogen and oxygen atoms in total. The van der Waals surface area contributed by atoms with Crippen LogP contribution in [-0.2, 0) is 19.1 Å². The molecule has 9 heteroatoms. The lowest BCUT2D eigenvalue weighted by Crippen LogP contribution is -2.70. The first kappa shape index (κ1) is 17.3. The van der Waals surface area contributed by atoms with Gasteiger partial charge in [-0.3, -0.25) is 14.5 Å². The number of carbonyl (C=O) groups is 3. The number of aliphatic hydroxyl groups is 1. The van der Waals surface area contributed by atoms with Crippen molar-refractivity contribution in [1.29, 1.82) is 0 Å². The summed E-state index contributed by atoms with van der Waals surface area (Å²) in [5.74, 6) is -2.03. The smallest absolute Gasteiger partial charge is 0.356 e. The van der Waals surface area contributed by atoms with Crippen molar-refractivity contribution >= 4 is 29.5 Å². The third kappa shape index (κ3) is 2.96. The van der Waals surface area contributed by atoms with E-state index in [1.54, 1.807) is 30.3 Å². The Labute approximate surface area is 147 Å². The normalized spacial score (nSPS) is 23.4. The summed E-state index contributed by atoms with van der Waals surface area (Å²) < 4.78 is 5.04. The average molecular weight is 364 g/mol. The van der Waals surface area contributed by atoms with E-state index in [9.17, 15) is 24.6 Å². The van der Waals surface area contributed by atoms with Crippen LogP contribution >= 0.6 is 11.8 Å². The van der Waals surface area contributed by atoms with Crippen molar-refractivity contribution in [2.45, 2.75) is 17.5 Å². The summed E-state index contributed by atoms with van der Waals surface area (Å²) in [6.07, 6.45) is -1.40. The van der Waals surface area contributed by atoms with E-state index in [1.807, 2.05) is 0 Å². The molecular weight excluding hydrogens is 348 g/mol. The van der Waals surface area contributed by atoms with Crippen molar-refractivity contribution in [2.24, 2.45) is 0 Å². The summed E-state index contributed by atoms with van der Waals surface area (Å²) in [5, 5.41) is 21.4. The molecule has 1 saturated heterocycles. The summed E-state index contributed by atoms with van der Waals surface area (Å²) in [5.41, 5.74) is 0.207. The Bertz CT molecular complexity index is 750.